The number of rotatable bonds is 12. The van der Waals surface area contributed by atoms with E-state index < -0.39 is 6.10 Å². The Balaban J connectivity index is 2.11. The maximum absolute atomic E-state index is 9.97. The Morgan fingerprint density at radius 2 is 2.14 bits per heavy atom. The van der Waals surface area contributed by atoms with Gasteiger partial charge in [-0.2, -0.15) is 11.3 Å². The van der Waals surface area contributed by atoms with Gasteiger partial charge in [0.05, 0.1) is 12.7 Å². The Morgan fingerprint density at radius 1 is 1.33 bits per heavy atom. The first-order valence-corrected chi connectivity index (χ1v) is 9.12. The minimum absolute atomic E-state index is 0.277. The van der Waals surface area contributed by atoms with Crippen LogP contribution in [-0.2, 0) is 4.74 Å². The van der Waals surface area contributed by atoms with Gasteiger partial charge < -0.3 is 15.2 Å². The van der Waals surface area contributed by atoms with Crippen molar-refractivity contribution >= 4 is 11.3 Å². The lowest BCUT2D eigenvalue weighted by molar-refractivity contribution is 0.0185. The molecule has 0 aliphatic carbocycles. The molecule has 0 saturated carbocycles. The number of ether oxygens (including phenoxy) is 1. The van der Waals surface area contributed by atoms with Gasteiger partial charge in [0.2, 0.25) is 0 Å². The molecule has 1 aromatic heterocycles. The fourth-order valence-corrected chi connectivity index (χ4v) is 3.03. The van der Waals surface area contributed by atoms with Gasteiger partial charge in [-0.3, -0.25) is 0 Å². The van der Waals surface area contributed by atoms with Crippen LogP contribution in [0.4, 0.5) is 0 Å². The third-order valence-corrected chi connectivity index (χ3v) is 4.61. The number of thiophene rings is 1. The topological polar surface area (TPSA) is 41.5 Å². The van der Waals surface area contributed by atoms with E-state index >= 15 is 0 Å². The van der Waals surface area contributed by atoms with E-state index in [1.807, 2.05) is 0 Å². The summed E-state index contributed by atoms with van der Waals surface area (Å²) in [6, 6.07) is 2.39. The lowest BCUT2D eigenvalue weighted by atomic mass is 10.0. The van der Waals surface area contributed by atoms with Gasteiger partial charge in [0, 0.05) is 19.2 Å². The summed E-state index contributed by atoms with van der Waals surface area (Å²) >= 11 is 1.70. The fraction of sp³-hybridized carbons (Fsp3) is 0.765. The molecule has 1 heterocycles. The van der Waals surface area contributed by atoms with Crippen molar-refractivity contribution < 1.29 is 9.84 Å². The molecule has 0 aromatic carbocycles. The zero-order valence-electron chi connectivity index (χ0n) is 13.7. The monoisotopic (exact) mass is 313 g/mol. The van der Waals surface area contributed by atoms with Gasteiger partial charge in [0.1, 0.15) is 0 Å². The zero-order chi connectivity index (χ0) is 15.5. The number of aliphatic hydroxyl groups is 1. The number of hydrogen-bond donors (Lipinski definition) is 2. The highest BCUT2D eigenvalue weighted by Crippen LogP contribution is 2.15. The van der Waals surface area contributed by atoms with Crippen molar-refractivity contribution in [3.05, 3.63) is 22.4 Å². The first-order chi connectivity index (χ1) is 10.2. The van der Waals surface area contributed by atoms with Crippen LogP contribution in [0.25, 0.3) is 0 Å². The van der Waals surface area contributed by atoms with E-state index in [0.717, 1.165) is 13.0 Å². The summed E-state index contributed by atoms with van der Waals surface area (Å²) in [5.41, 5.74) is 1.28. The van der Waals surface area contributed by atoms with Gasteiger partial charge >= 0.3 is 0 Å². The molecule has 3 unspecified atom stereocenters. The highest BCUT2D eigenvalue weighted by atomic mass is 32.1. The molecule has 0 radical (unpaired) electrons. The SMILES string of the molecule is CCCCC(CC)COCC(O)CNC(C)c1ccsc1. The molecule has 21 heavy (non-hydrogen) atoms. The van der Waals surface area contributed by atoms with Crippen LogP contribution in [0.15, 0.2) is 16.8 Å². The smallest absolute Gasteiger partial charge is 0.0897 e. The molecular formula is C17H31NO2S. The van der Waals surface area contributed by atoms with Crippen molar-refractivity contribution in [2.45, 2.75) is 58.6 Å². The maximum atomic E-state index is 9.97. The number of unbranched alkanes of at least 4 members (excludes halogenated alkanes) is 1. The highest BCUT2D eigenvalue weighted by Gasteiger charge is 2.11. The molecule has 1 aromatic rings. The van der Waals surface area contributed by atoms with Gasteiger partial charge in [-0.05, 0) is 41.7 Å². The summed E-state index contributed by atoms with van der Waals surface area (Å²) in [6.07, 6.45) is 4.46. The van der Waals surface area contributed by atoms with Crippen LogP contribution in [0.2, 0.25) is 0 Å². The third-order valence-electron chi connectivity index (χ3n) is 3.91. The molecule has 0 fully saturated rings. The van der Waals surface area contributed by atoms with E-state index in [1.165, 1.54) is 24.8 Å². The van der Waals surface area contributed by atoms with Gasteiger partial charge in [0.25, 0.3) is 0 Å². The number of nitrogens with one attached hydrogen (secondary N) is 1. The van der Waals surface area contributed by atoms with Crippen molar-refractivity contribution in [3.8, 4) is 0 Å². The number of aliphatic hydroxyl groups excluding tert-OH is 1. The molecular weight excluding hydrogens is 282 g/mol. The Kier molecular flexibility index (Phi) is 9.92. The molecule has 0 aliphatic rings. The Morgan fingerprint density at radius 3 is 2.76 bits per heavy atom. The molecule has 0 bridgehead atoms. The van der Waals surface area contributed by atoms with Gasteiger partial charge in [-0.1, -0.05) is 33.1 Å². The Labute approximate surface area is 133 Å². The molecule has 3 nitrogen and oxygen atoms in total. The summed E-state index contributed by atoms with van der Waals surface area (Å²) in [4.78, 5) is 0. The average Bonchev–Trinajstić information content (AvgIpc) is 3.02. The molecule has 0 saturated heterocycles. The van der Waals surface area contributed by atoms with Crippen LogP contribution in [0, 0.1) is 5.92 Å². The quantitative estimate of drug-likeness (QED) is 0.613. The first-order valence-electron chi connectivity index (χ1n) is 8.18. The molecule has 2 N–H and O–H groups in total. The predicted octanol–water partition coefficient (Wildman–Crippen LogP) is 3.99. The lowest BCUT2D eigenvalue weighted by Gasteiger charge is -2.19. The first kappa shape index (κ1) is 18.6. The second-order valence-corrected chi connectivity index (χ2v) is 6.57. The van der Waals surface area contributed by atoms with Crippen molar-refractivity contribution in [3.63, 3.8) is 0 Å². The molecule has 1 rings (SSSR count). The van der Waals surface area contributed by atoms with Gasteiger partial charge in [-0.25, -0.2) is 0 Å². The van der Waals surface area contributed by atoms with Crippen LogP contribution in [0.3, 0.4) is 0 Å². The lowest BCUT2D eigenvalue weighted by Crippen LogP contribution is -2.32. The van der Waals surface area contributed by atoms with Crippen molar-refractivity contribution in [2.75, 3.05) is 19.8 Å². The second kappa shape index (κ2) is 11.2. The minimum Gasteiger partial charge on any atom is -0.389 e. The van der Waals surface area contributed by atoms with E-state index in [1.54, 1.807) is 11.3 Å². The summed E-state index contributed by atoms with van der Waals surface area (Å²) in [6.45, 7) is 8.32. The largest absolute Gasteiger partial charge is 0.389 e. The van der Waals surface area contributed by atoms with Crippen LogP contribution in [-0.4, -0.2) is 31.0 Å². The van der Waals surface area contributed by atoms with Gasteiger partial charge in [0.15, 0.2) is 0 Å². The second-order valence-electron chi connectivity index (χ2n) is 5.79. The van der Waals surface area contributed by atoms with E-state index in [2.05, 4.69) is 42.9 Å². The Bertz CT molecular complexity index is 343. The molecule has 4 heteroatoms. The summed E-state index contributed by atoms with van der Waals surface area (Å²) in [5.74, 6) is 0.634. The summed E-state index contributed by atoms with van der Waals surface area (Å²) < 4.78 is 5.68. The van der Waals surface area contributed by atoms with E-state index in [0.29, 0.717) is 19.1 Å². The number of hydrogen-bond acceptors (Lipinski definition) is 4. The van der Waals surface area contributed by atoms with Crippen LogP contribution < -0.4 is 5.32 Å². The van der Waals surface area contributed by atoms with Gasteiger partial charge in [-0.15, -0.1) is 0 Å². The van der Waals surface area contributed by atoms with Crippen molar-refractivity contribution in [2.24, 2.45) is 5.92 Å². The summed E-state index contributed by atoms with van der Waals surface area (Å²) in [7, 11) is 0. The average molecular weight is 314 g/mol. The van der Waals surface area contributed by atoms with Crippen molar-refractivity contribution in [1.82, 2.24) is 5.32 Å². The minimum atomic E-state index is -0.435. The van der Waals surface area contributed by atoms with E-state index in [9.17, 15) is 5.11 Å². The fourth-order valence-electron chi connectivity index (χ4n) is 2.28. The normalized spacial score (nSPS) is 15.8. The van der Waals surface area contributed by atoms with Crippen molar-refractivity contribution in [1.29, 1.82) is 0 Å². The zero-order valence-corrected chi connectivity index (χ0v) is 14.5. The predicted molar refractivity (Wildman–Crippen MR) is 90.9 cm³/mol. The van der Waals surface area contributed by atoms with Crippen LogP contribution in [0.5, 0.6) is 0 Å². The molecule has 122 valence electrons. The van der Waals surface area contributed by atoms with Crippen LogP contribution in [0.1, 0.15) is 58.1 Å². The molecule has 0 spiro atoms. The van der Waals surface area contributed by atoms with E-state index in [4.69, 9.17) is 4.74 Å². The highest BCUT2D eigenvalue weighted by molar-refractivity contribution is 7.07. The maximum Gasteiger partial charge on any atom is 0.0897 e. The summed E-state index contributed by atoms with van der Waals surface area (Å²) in [5, 5.41) is 17.5. The van der Waals surface area contributed by atoms with E-state index in [-0.39, 0.29) is 6.04 Å². The Hall–Kier alpha value is -0.420. The third kappa shape index (κ3) is 7.96. The molecule has 0 amide bonds. The molecule has 0 aliphatic heterocycles. The molecule has 3 atom stereocenters. The van der Waals surface area contributed by atoms with Crippen LogP contribution >= 0.6 is 11.3 Å². The standard InChI is InChI=1S/C17H31NO2S/c1-4-6-7-15(5-2)11-20-12-17(19)10-18-14(3)16-8-9-21-13-16/h8-9,13-15,17-19H,4-7,10-12H2,1-3H3.